The number of hydrazone groups is 1. The summed E-state index contributed by atoms with van der Waals surface area (Å²) in [6, 6.07) is -0.745. The van der Waals surface area contributed by atoms with Crippen molar-refractivity contribution in [3.8, 4) is 0 Å². The first kappa shape index (κ1) is 29.6. The lowest BCUT2D eigenvalue weighted by molar-refractivity contribution is -0.243. The van der Waals surface area contributed by atoms with E-state index in [-0.39, 0.29) is 26.0 Å². The molecule has 0 aromatic heterocycles. The van der Waals surface area contributed by atoms with Gasteiger partial charge in [0, 0.05) is 25.7 Å². The van der Waals surface area contributed by atoms with Gasteiger partial charge in [-0.2, -0.15) is 13.9 Å². The van der Waals surface area contributed by atoms with Crippen molar-refractivity contribution in [2.24, 2.45) is 16.8 Å². The molecule has 0 saturated carbocycles. The third-order valence-corrected chi connectivity index (χ3v) is 4.24. The van der Waals surface area contributed by atoms with E-state index in [0.717, 1.165) is 6.21 Å². The highest BCUT2D eigenvalue weighted by Gasteiger charge is 2.38. The van der Waals surface area contributed by atoms with E-state index in [1.807, 2.05) is 0 Å². The molecule has 0 saturated heterocycles. The summed E-state index contributed by atoms with van der Waals surface area (Å²) < 4.78 is 89.0. The number of halogens is 6. The van der Waals surface area contributed by atoms with Crippen LogP contribution in [0.2, 0.25) is 0 Å². The zero-order chi connectivity index (χ0) is 24.1. The minimum atomic E-state index is -3.45. The van der Waals surface area contributed by atoms with Crippen LogP contribution in [0.15, 0.2) is 5.10 Å². The van der Waals surface area contributed by atoms with E-state index >= 15 is 0 Å². The Bertz CT molecular complexity index is 528. The van der Waals surface area contributed by atoms with E-state index in [0.29, 0.717) is 6.92 Å². The van der Waals surface area contributed by atoms with Gasteiger partial charge in [0.15, 0.2) is 0 Å². The Labute approximate surface area is 178 Å². The van der Waals surface area contributed by atoms with Gasteiger partial charge >= 0.3 is 6.11 Å². The quantitative estimate of drug-likeness (QED) is 0.108. The van der Waals surface area contributed by atoms with Crippen molar-refractivity contribution in [3.63, 3.8) is 0 Å². The van der Waals surface area contributed by atoms with Gasteiger partial charge in [0.1, 0.15) is 12.3 Å². The summed E-state index contributed by atoms with van der Waals surface area (Å²) in [4.78, 5) is 0. The first-order valence-corrected chi connectivity index (χ1v) is 9.86. The second-order valence-corrected chi connectivity index (χ2v) is 7.06. The fraction of sp³-hybridized carbons (Fsp3) is 0.889. The number of nitrogens with two attached hydrogens (primary N) is 1. The molecule has 7 nitrogen and oxygen atoms in total. The van der Waals surface area contributed by atoms with Crippen molar-refractivity contribution < 1.29 is 35.8 Å². The highest BCUT2D eigenvalue weighted by atomic mass is 19.3. The fourth-order valence-corrected chi connectivity index (χ4v) is 2.59. The normalized spacial score (nSPS) is 18.5. The zero-order valence-corrected chi connectivity index (χ0v) is 17.9. The molecule has 31 heavy (non-hydrogen) atoms. The Kier molecular flexibility index (Phi) is 13.9. The number of hydrogen-bond donors (Lipinski definition) is 4. The molecule has 0 heterocycles. The van der Waals surface area contributed by atoms with E-state index in [4.69, 9.17) is 11.1 Å². The first-order valence-electron chi connectivity index (χ1n) is 9.86. The SMILES string of the molecule is C/C=N/N[C@@H](CC(F)(F)OCC)NCC(N)CC(CC=N)C(F)CO[C@](C)(F)C(F)F. The highest BCUT2D eigenvalue weighted by molar-refractivity contribution is 5.53. The summed E-state index contributed by atoms with van der Waals surface area (Å²) in [6.07, 6.45) is -8.32. The third-order valence-electron chi connectivity index (χ3n) is 4.24. The van der Waals surface area contributed by atoms with Crippen LogP contribution in [0.3, 0.4) is 0 Å². The summed E-state index contributed by atoms with van der Waals surface area (Å²) in [5.74, 6) is -4.21. The van der Waals surface area contributed by atoms with Crippen LogP contribution in [-0.2, 0) is 9.47 Å². The molecule has 0 aromatic carbocycles. The lowest BCUT2D eigenvalue weighted by Gasteiger charge is -2.28. The monoisotopic (exact) mass is 465 g/mol. The first-order chi connectivity index (χ1) is 14.4. The van der Waals surface area contributed by atoms with Gasteiger partial charge in [-0.15, -0.1) is 0 Å². The Morgan fingerprint density at radius 3 is 2.35 bits per heavy atom. The number of alkyl halides is 6. The van der Waals surface area contributed by atoms with Crippen LogP contribution in [0.25, 0.3) is 0 Å². The summed E-state index contributed by atoms with van der Waals surface area (Å²) in [5, 5.41) is 13.6. The van der Waals surface area contributed by atoms with E-state index < -0.39 is 55.7 Å². The molecule has 0 aromatic rings. The maximum atomic E-state index is 14.4. The van der Waals surface area contributed by atoms with E-state index in [1.54, 1.807) is 6.92 Å². The third kappa shape index (κ3) is 12.9. The summed E-state index contributed by atoms with van der Waals surface area (Å²) in [7, 11) is 0. The molecule has 0 aliphatic rings. The molecule has 5 atom stereocenters. The smallest absolute Gasteiger partial charge is 0.339 e. The summed E-state index contributed by atoms with van der Waals surface area (Å²) >= 11 is 0. The molecular weight excluding hydrogens is 432 g/mol. The second-order valence-electron chi connectivity index (χ2n) is 7.06. The Balaban J connectivity index is 4.83. The average molecular weight is 465 g/mol. The van der Waals surface area contributed by atoms with Gasteiger partial charge in [0.25, 0.3) is 12.3 Å². The van der Waals surface area contributed by atoms with Crippen LogP contribution in [0, 0.1) is 11.3 Å². The predicted molar refractivity (Wildman–Crippen MR) is 106 cm³/mol. The summed E-state index contributed by atoms with van der Waals surface area (Å²) in [6.45, 7) is 2.35. The molecule has 0 rings (SSSR count). The van der Waals surface area contributed by atoms with Crippen molar-refractivity contribution in [2.75, 3.05) is 19.8 Å². The fourth-order valence-electron chi connectivity index (χ4n) is 2.59. The van der Waals surface area contributed by atoms with Crippen molar-refractivity contribution in [2.45, 2.75) is 76.8 Å². The number of ether oxygens (including phenoxy) is 2. The van der Waals surface area contributed by atoms with Gasteiger partial charge in [0.2, 0.25) is 0 Å². The molecule has 0 amide bonds. The van der Waals surface area contributed by atoms with Crippen LogP contribution in [0.1, 0.15) is 40.0 Å². The van der Waals surface area contributed by atoms with Crippen molar-refractivity contribution in [1.82, 2.24) is 10.7 Å². The van der Waals surface area contributed by atoms with Crippen LogP contribution in [0.4, 0.5) is 26.3 Å². The average Bonchev–Trinajstić information content (AvgIpc) is 2.67. The van der Waals surface area contributed by atoms with Crippen LogP contribution in [-0.4, -0.2) is 69.0 Å². The van der Waals surface area contributed by atoms with Gasteiger partial charge < -0.3 is 20.6 Å². The van der Waals surface area contributed by atoms with Crippen LogP contribution >= 0.6 is 0 Å². The summed E-state index contributed by atoms with van der Waals surface area (Å²) in [5.41, 5.74) is 8.44. The Hall–Kier alpha value is -1.44. The number of hydrogen-bond acceptors (Lipinski definition) is 7. The number of rotatable bonds is 18. The van der Waals surface area contributed by atoms with Crippen LogP contribution in [0.5, 0.6) is 0 Å². The zero-order valence-electron chi connectivity index (χ0n) is 17.9. The van der Waals surface area contributed by atoms with Crippen molar-refractivity contribution in [1.29, 1.82) is 5.41 Å². The molecule has 0 spiro atoms. The Morgan fingerprint density at radius 1 is 1.19 bits per heavy atom. The van der Waals surface area contributed by atoms with Crippen molar-refractivity contribution in [3.05, 3.63) is 0 Å². The molecule has 0 fully saturated rings. The molecule has 3 unspecified atom stereocenters. The maximum Gasteiger partial charge on any atom is 0.359 e. The molecule has 5 N–H and O–H groups in total. The molecule has 13 heteroatoms. The van der Waals surface area contributed by atoms with E-state index in [1.165, 1.54) is 13.1 Å². The number of nitrogens with one attached hydrogen (secondary N) is 3. The molecule has 0 radical (unpaired) electrons. The molecule has 0 aliphatic heterocycles. The van der Waals surface area contributed by atoms with Gasteiger partial charge in [-0.1, -0.05) is 0 Å². The highest BCUT2D eigenvalue weighted by Crippen LogP contribution is 2.25. The lowest BCUT2D eigenvalue weighted by Crippen LogP contribution is -2.49. The van der Waals surface area contributed by atoms with Gasteiger partial charge in [-0.3, -0.25) is 10.7 Å². The molecule has 184 valence electrons. The molecule has 0 aliphatic carbocycles. The second kappa shape index (κ2) is 14.6. The van der Waals surface area contributed by atoms with Crippen LogP contribution < -0.4 is 16.5 Å². The number of nitrogens with zero attached hydrogens (tertiary/aromatic N) is 1. The molecular formula is C18H33F6N5O2. The van der Waals surface area contributed by atoms with Gasteiger partial charge in [-0.25, -0.2) is 17.6 Å². The maximum absolute atomic E-state index is 14.4. The molecule has 0 bridgehead atoms. The van der Waals surface area contributed by atoms with Gasteiger partial charge in [0.05, 0.1) is 19.6 Å². The van der Waals surface area contributed by atoms with Crippen molar-refractivity contribution >= 4 is 12.4 Å². The van der Waals surface area contributed by atoms with Gasteiger partial charge in [-0.05, 0) is 38.8 Å². The minimum absolute atomic E-state index is 0.0287. The minimum Gasteiger partial charge on any atom is -0.339 e. The lowest BCUT2D eigenvalue weighted by atomic mass is 9.92. The Morgan fingerprint density at radius 2 is 1.84 bits per heavy atom. The largest absolute Gasteiger partial charge is 0.359 e. The van der Waals surface area contributed by atoms with E-state index in [9.17, 15) is 26.3 Å². The topological polar surface area (TPSA) is 105 Å². The predicted octanol–water partition coefficient (Wildman–Crippen LogP) is 3.20. The van der Waals surface area contributed by atoms with E-state index in [2.05, 4.69) is 25.3 Å². The standard InChI is InChI=1S/C18H33F6N5O2/c1-4-28-29-15(9-18(23,24)30-5-2)27-10-13(26)8-12(6-7-25)14(19)11-31-17(3,22)16(20)21/h4,7,12-16,25,27,29H,5-6,8-11,26H2,1-3H3/b25-7?,28-4+/t12?,13?,14?,15-,17-/m0/s1.